The molecule has 0 saturated carbocycles. The number of allylic oxidation sites excluding steroid dienone is 2. The highest BCUT2D eigenvalue weighted by atomic mass is 19.1. The molecular formula is C21H25FO5. The first-order valence-corrected chi connectivity index (χ1v) is 8.99. The van der Waals surface area contributed by atoms with E-state index in [0.717, 1.165) is 0 Å². The first-order valence-electron chi connectivity index (χ1n) is 8.99. The minimum absolute atomic E-state index is 0.0236. The SMILES string of the molecule is C=CC[C@H]1C[C@]2([C@@H](C)Cc3cc(OC)c(OC)cc3F)OCOC2=CC1=O. The summed E-state index contributed by atoms with van der Waals surface area (Å²) in [6.45, 7) is 5.82. The number of carbonyl (C=O) groups excluding carboxylic acids is 1. The van der Waals surface area contributed by atoms with E-state index in [0.29, 0.717) is 42.1 Å². The lowest BCUT2D eigenvalue weighted by atomic mass is 9.71. The zero-order valence-corrected chi connectivity index (χ0v) is 15.9. The second-order valence-corrected chi connectivity index (χ2v) is 7.04. The number of benzene rings is 1. The average Bonchev–Trinajstić information content (AvgIpc) is 3.07. The molecule has 2 aliphatic rings. The van der Waals surface area contributed by atoms with E-state index in [2.05, 4.69) is 6.58 Å². The third-order valence-electron chi connectivity index (χ3n) is 5.50. The van der Waals surface area contributed by atoms with Gasteiger partial charge < -0.3 is 18.9 Å². The van der Waals surface area contributed by atoms with E-state index in [9.17, 15) is 9.18 Å². The second kappa shape index (κ2) is 7.72. The standard InChI is InChI=1S/C21H25FO5/c1-5-6-14-11-21(20(10-17(14)23)26-12-27-21)13(2)7-15-8-18(24-3)19(25-4)9-16(15)22/h5,8-10,13-14H,1,6-7,11-12H2,2-4H3/t13-,14-,21+/m0/s1. The van der Waals surface area contributed by atoms with Crippen LogP contribution in [-0.2, 0) is 20.7 Å². The van der Waals surface area contributed by atoms with Gasteiger partial charge in [0.15, 0.2) is 24.1 Å². The summed E-state index contributed by atoms with van der Waals surface area (Å²) in [5.74, 6) is 0.706. The normalized spacial score (nSPS) is 25.3. The molecule has 0 aromatic heterocycles. The molecule has 0 amide bonds. The van der Waals surface area contributed by atoms with E-state index in [4.69, 9.17) is 18.9 Å². The van der Waals surface area contributed by atoms with Crippen LogP contribution < -0.4 is 9.47 Å². The maximum atomic E-state index is 14.6. The Kier molecular flexibility index (Phi) is 5.56. The molecule has 0 spiro atoms. The molecule has 5 nitrogen and oxygen atoms in total. The topological polar surface area (TPSA) is 54.0 Å². The number of ketones is 1. The van der Waals surface area contributed by atoms with E-state index in [1.807, 2.05) is 6.92 Å². The van der Waals surface area contributed by atoms with Crippen LogP contribution in [0.15, 0.2) is 36.6 Å². The van der Waals surface area contributed by atoms with Crippen LogP contribution in [0, 0.1) is 17.7 Å². The maximum Gasteiger partial charge on any atom is 0.189 e. The molecule has 3 atom stereocenters. The van der Waals surface area contributed by atoms with Crippen LogP contribution in [0.4, 0.5) is 4.39 Å². The van der Waals surface area contributed by atoms with Crippen molar-refractivity contribution in [2.24, 2.45) is 11.8 Å². The Morgan fingerprint density at radius 2 is 2.07 bits per heavy atom. The molecule has 146 valence electrons. The van der Waals surface area contributed by atoms with Crippen LogP contribution in [0.1, 0.15) is 25.3 Å². The number of hydrogen-bond acceptors (Lipinski definition) is 5. The Bertz CT molecular complexity index is 772. The summed E-state index contributed by atoms with van der Waals surface area (Å²) in [5, 5.41) is 0. The average molecular weight is 376 g/mol. The van der Waals surface area contributed by atoms with Gasteiger partial charge in [-0.2, -0.15) is 0 Å². The summed E-state index contributed by atoms with van der Waals surface area (Å²) in [6.07, 6.45) is 4.75. The predicted octanol–water partition coefficient (Wildman–Crippen LogP) is 3.81. The van der Waals surface area contributed by atoms with Gasteiger partial charge >= 0.3 is 0 Å². The maximum absolute atomic E-state index is 14.6. The molecule has 6 heteroatoms. The first-order chi connectivity index (χ1) is 12.9. The van der Waals surface area contributed by atoms with Gasteiger partial charge in [0.2, 0.25) is 0 Å². The van der Waals surface area contributed by atoms with Gasteiger partial charge in [0.05, 0.1) is 14.2 Å². The highest BCUT2D eigenvalue weighted by Crippen LogP contribution is 2.46. The second-order valence-electron chi connectivity index (χ2n) is 7.04. The lowest BCUT2D eigenvalue weighted by Crippen LogP contribution is -2.45. The number of methoxy groups -OCH3 is 2. The Hall–Kier alpha value is -2.34. The van der Waals surface area contributed by atoms with Gasteiger partial charge in [-0.05, 0) is 36.8 Å². The van der Waals surface area contributed by atoms with E-state index >= 15 is 0 Å². The Morgan fingerprint density at radius 1 is 1.37 bits per heavy atom. The minimum Gasteiger partial charge on any atom is -0.493 e. The summed E-state index contributed by atoms with van der Waals surface area (Å²) in [7, 11) is 2.99. The van der Waals surface area contributed by atoms with Crippen LogP contribution >= 0.6 is 0 Å². The molecule has 1 aromatic rings. The molecule has 1 heterocycles. The zero-order valence-electron chi connectivity index (χ0n) is 15.9. The number of halogens is 1. The van der Waals surface area contributed by atoms with Gasteiger partial charge in [-0.1, -0.05) is 13.0 Å². The number of carbonyl (C=O) groups is 1. The lowest BCUT2D eigenvalue weighted by Gasteiger charge is -2.38. The molecule has 1 aliphatic heterocycles. The Balaban J connectivity index is 1.91. The summed E-state index contributed by atoms with van der Waals surface area (Å²) >= 11 is 0. The Labute approximate surface area is 158 Å². The summed E-state index contributed by atoms with van der Waals surface area (Å²) in [6, 6.07) is 2.97. The van der Waals surface area contributed by atoms with Gasteiger partial charge in [0.25, 0.3) is 0 Å². The van der Waals surface area contributed by atoms with Crippen LogP contribution in [0.3, 0.4) is 0 Å². The quantitative estimate of drug-likeness (QED) is 0.678. The lowest BCUT2D eigenvalue weighted by molar-refractivity contribution is -0.123. The van der Waals surface area contributed by atoms with Crippen LogP contribution in [-0.4, -0.2) is 32.4 Å². The third kappa shape index (κ3) is 3.46. The summed E-state index contributed by atoms with van der Waals surface area (Å²) < 4.78 is 36.6. The van der Waals surface area contributed by atoms with Crippen molar-refractivity contribution in [1.82, 2.24) is 0 Å². The van der Waals surface area contributed by atoms with Crippen LogP contribution in [0.2, 0.25) is 0 Å². The molecule has 3 rings (SSSR count). The van der Waals surface area contributed by atoms with E-state index in [1.54, 1.807) is 12.1 Å². The highest BCUT2D eigenvalue weighted by Gasteiger charge is 2.51. The number of rotatable bonds is 7. The molecule has 1 aliphatic carbocycles. The van der Waals surface area contributed by atoms with Crippen molar-refractivity contribution in [3.63, 3.8) is 0 Å². The van der Waals surface area contributed by atoms with Crippen molar-refractivity contribution >= 4 is 5.78 Å². The monoisotopic (exact) mass is 376 g/mol. The zero-order chi connectivity index (χ0) is 19.6. The van der Waals surface area contributed by atoms with Crippen LogP contribution in [0.5, 0.6) is 11.5 Å². The number of hydrogen-bond donors (Lipinski definition) is 0. The van der Waals surface area contributed by atoms with Gasteiger partial charge in [0, 0.05) is 18.1 Å². The molecule has 0 bridgehead atoms. The van der Waals surface area contributed by atoms with Crippen LogP contribution in [0.25, 0.3) is 0 Å². The van der Waals surface area contributed by atoms with Gasteiger partial charge in [0.1, 0.15) is 17.2 Å². The molecule has 0 radical (unpaired) electrons. The third-order valence-corrected chi connectivity index (χ3v) is 5.50. The smallest absolute Gasteiger partial charge is 0.189 e. The van der Waals surface area contributed by atoms with Crippen molar-refractivity contribution in [3.05, 3.63) is 48.0 Å². The van der Waals surface area contributed by atoms with Gasteiger partial charge in [-0.15, -0.1) is 6.58 Å². The van der Waals surface area contributed by atoms with Gasteiger partial charge in [-0.3, -0.25) is 4.79 Å². The van der Waals surface area contributed by atoms with E-state index in [-0.39, 0.29) is 30.2 Å². The molecule has 1 saturated heterocycles. The van der Waals surface area contributed by atoms with E-state index < -0.39 is 5.60 Å². The van der Waals surface area contributed by atoms with E-state index in [1.165, 1.54) is 26.4 Å². The van der Waals surface area contributed by atoms with Crippen molar-refractivity contribution in [1.29, 1.82) is 0 Å². The number of ether oxygens (including phenoxy) is 4. The fraction of sp³-hybridized carbons (Fsp3) is 0.476. The molecular weight excluding hydrogens is 351 g/mol. The summed E-state index contributed by atoms with van der Waals surface area (Å²) in [5.41, 5.74) is -0.233. The highest BCUT2D eigenvalue weighted by molar-refractivity contribution is 5.93. The largest absolute Gasteiger partial charge is 0.493 e. The van der Waals surface area contributed by atoms with Gasteiger partial charge in [-0.25, -0.2) is 4.39 Å². The van der Waals surface area contributed by atoms with Crippen molar-refractivity contribution in [3.8, 4) is 11.5 Å². The van der Waals surface area contributed by atoms with Crippen molar-refractivity contribution in [2.45, 2.75) is 31.8 Å². The molecule has 0 N–H and O–H groups in total. The summed E-state index contributed by atoms with van der Waals surface area (Å²) in [4.78, 5) is 12.3. The fourth-order valence-electron chi connectivity index (χ4n) is 3.96. The molecule has 1 fully saturated rings. The Morgan fingerprint density at radius 3 is 2.74 bits per heavy atom. The fourth-order valence-corrected chi connectivity index (χ4v) is 3.96. The molecule has 0 unspecified atom stereocenters. The number of fused-ring (bicyclic) bond motifs is 1. The first kappa shape index (κ1) is 19.4. The van der Waals surface area contributed by atoms with Crippen molar-refractivity contribution in [2.75, 3.05) is 21.0 Å². The molecule has 27 heavy (non-hydrogen) atoms. The van der Waals surface area contributed by atoms with Crippen molar-refractivity contribution < 1.29 is 28.1 Å². The molecule has 1 aromatic carbocycles. The predicted molar refractivity (Wildman–Crippen MR) is 98.2 cm³/mol. The minimum atomic E-state index is -0.735.